The Morgan fingerprint density at radius 2 is 1.53 bits per heavy atom. The zero-order chi connectivity index (χ0) is 14.5. The molecule has 0 heterocycles. The number of hydrogen-bond donors (Lipinski definition) is 1. The number of rotatable bonds is 7. The van der Waals surface area contributed by atoms with E-state index < -0.39 is 29.4 Å². The molecule has 0 radical (unpaired) electrons. The minimum absolute atomic E-state index is 0.326. The van der Waals surface area contributed by atoms with Crippen molar-refractivity contribution in [2.45, 2.75) is 11.8 Å². The monoisotopic (exact) mass is 258 g/mol. The second-order valence-electron chi connectivity index (χ2n) is 3.98. The highest BCUT2D eigenvalue weighted by Gasteiger charge is 2.46. The van der Waals surface area contributed by atoms with Crippen molar-refractivity contribution < 1.29 is 19.5 Å². The van der Waals surface area contributed by atoms with Crippen LogP contribution < -0.4 is 0 Å². The van der Waals surface area contributed by atoms with Crippen LogP contribution in [0.2, 0.25) is 0 Å². The molecule has 0 bridgehead atoms. The van der Waals surface area contributed by atoms with E-state index in [9.17, 15) is 14.4 Å². The first-order valence-electron chi connectivity index (χ1n) is 5.60. The molecule has 0 saturated carbocycles. The molecule has 0 saturated heterocycles. The Kier molecular flexibility index (Phi) is 4.53. The van der Waals surface area contributed by atoms with Gasteiger partial charge in [-0.15, -0.1) is 0 Å². The van der Waals surface area contributed by atoms with Crippen molar-refractivity contribution in [1.82, 2.24) is 0 Å². The summed E-state index contributed by atoms with van der Waals surface area (Å²) in [6.07, 6.45) is 1.31. The van der Waals surface area contributed by atoms with Crippen molar-refractivity contribution in [3.05, 3.63) is 61.2 Å². The zero-order valence-electron chi connectivity index (χ0n) is 10.3. The summed E-state index contributed by atoms with van der Waals surface area (Å²) in [7, 11) is 0. The van der Waals surface area contributed by atoms with Gasteiger partial charge in [0.1, 0.15) is 5.41 Å². The molecule has 4 nitrogen and oxygen atoms in total. The van der Waals surface area contributed by atoms with E-state index in [2.05, 4.69) is 13.2 Å². The van der Waals surface area contributed by atoms with Gasteiger partial charge in [-0.2, -0.15) is 0 Å². The van der Waals surface area contributed by atoms with E-state index in [-0.39, 0.29) is 0 Å². The number of benzene rings is 1. The van der Waals surface area contributed by atoms with Gasteiger partial charge in [-0.1, -0.05) is 43.5 Å². The van der Waals surface area contributed by atoms with Crippen molar-refractivity contribution in [1.29, 1.82) is 0 Å². The molecule has 1 N–H and O–H groups in total. The van der Waals surface area contributed by atoms with Gasteiger partial charge < -0.3 is 5.11 Å². The SMILES string of the molecule is C=CC(=O)C(CC(=O)O)(C(=O)C=C)c1ccccc1. The second kappa shape index (κ2) is 5.91. The molecule has 0 fully saturated rings. The van der Waals surface area contributed by atoms with Crippen LogP contribution in [-0.2, 0) is 19.8 Å². The van der Waals surface area contributed by atoms with E-state index in [0.29, 0.717) is 5.56 Å². The summed E-state index contributed by atoms with van der Waals surface area (Å²) in [5.41, 5.74) is -1.46. The van der Waals surface area contributed by atoms with Crippen LogP contribution in [0.15, 0.2) is 55.6 Å². The Balaban J connectivity index is 3.56. The van der Waals surface area contributed by atoms with Gasteiger partial charge >= 0.3 is 5.97 Å². The first kappa shape index (κ1) is 14.6. The lowest BCUT2D eigenvalue weighted by Gasteiger charge is -2.27. The van der Waals surface area contributed by atoms with Crippen molar-refractivity contribution in [3.8, 4) is 0 Å². The average molecular weight is 258 g/mol. The molecular formula is C15H14O4. The lowest BCUT2D eigenvalue weighted by atomic mass is 9.70. The summed E-state index contributed by atoms with van der Waals surface area (Å²) in [4.78, 5) is 35.3. The molecule has 0 amide bonds. The molecule has 4 heteroatoms. The third kappa shape index (κ3) is 2.68. The maximum absolute atomic E-state index is 12.1. The van der Waals surface area contributed by atoms with Gasteiger partial charge in [0, 0.05) is 0 Å². The van der Waals surface area contributed by atoms with Gasteiger partial charge in [0.05, 0.1) is 6.42 Å². The quantitative estimate of drug-likeness (QED) is 0.599. The second-order valence-corrected chi connectivity index (χ2v) is 3.98. The maximum atomic E-state index is 12.1. The maximum Gasteiger partial charge on any atom is 0.305 e. The van der Waals surface area contributed by atoms with E-state index in [1.165, 1.54) is 0 Å². The molecule has 0 spiro atoms. The minimum atomic E-state index is -1.78. The summed E-state index contributed by atoms with van der Waals surface area (Å²) in [6.45, 7) is 6.69. The Hall–Kier alpha value is -2.49. The average Bonchev–Trinajstić information content (AvgIpc) is 2.43. The van der Waals surface area contributed by atoms with Gasteiger partial charge in [-0.05, 0) is 17.7 Å². The standard InChI is InChI=1S/C15H14O4/c1-3-12(16)15(10-14(18)19,13(17)4-2)11-8-6-5-7-9-11/h3-9H,1-2,10H2,(H,18,19). The summed E-state index contributed by atoms with van der Waals surface area (Å²) < 4.78 is 0. The van der Waals surface area contributed by atoms with Crippen LogP contribution >= 0.6 is 0 Å². The van der Waals surface area contributed by atoms with E-state index >= 15 is 0 Å². The number of carboxylic acid groups (broad SMARTS) is 1. The first-order chi connectivity index (χ1) is 8.98. The fourth-order valence-electron chi connectivity index (χ4n) is 1.98. The lowest BCUT2D eigenvalue weighted by molar-refractivity contribution is -0.144. The first-order valence-corrected chi connectivity index (χ1v) is 5.60. The van der Waals surface area contributed by atoms with E-state index in [1.54, 1.807) is 30.3 Å². The molecule has 0 atom stereocenters. The summed E-state index contributed by atoms with van der Waals surface area (Å²) in [5, 5.41) is 9.03. The highest BCUT2D eigenvalue weighted by Crippen LogP contribution is 2.31. The molecule has 0 unspecified atom stereocenters. The number of aliphatic carboxylic acids is 1. The summed E-state index contributed by atoms with van der Waals surface area (Å²) >= 11 is 0. The van der Waals surface area contributed by atoms with Crippen LogP contribution in [0.1, 0.15) is 12.0 Å². The Bertz CT molecular complexity index is 508. The highest BCUT2D eigenvalue weighted by molar-refractivity contribution is 6.21. The Morgan fingerprint density at radius 1 is 1.05 bits per heavy atom. The molecule has 0 aliphatic heterocycles. The fourth-order valence-corrected chi connectivity index (χ4v) is 1.98. The van der Waals surface area contributed by atoms with Crippen molar-refractivity contribution in [2.24, 2.45) is 0 Å². The predicted octanol–water partition coefficient (Wildman–Crippen LogP) is 1.91. The van der Waals surface area contributed by atoms with Crippen LogP contribution in [0.4, 0.5) is 0 Å². The van der Waals surface area contributed by atoms with Gasteiger partial charge in [0.15, 0.2) is 11.6 Å². The molecule has 98 valence electrons. The molecule has 1 aromatic rings. The Labute approximate surface area is 111 Å². The van der Waals surface area contributed by atoms with Crippen LogP contribution in [0.3, 0.4) is 0 Å². The number of carboxylic acids is 1. The van der Waals surface area contributed by atoms with E-state index in [0.717, 1.165) is 12.2 Å². The normalized spacial score (nSPS) is 10.5. The largest absolute Gasteiger partial charge is 0.481 e. The molecule has 0 aliphatic carbocycles. The van der Waals surface area contributed by atoms with E-state index in [4.69, 9.17) is 5.11 Å². The van der Waals surface area contributed by atoms with Crippen LogP contribution in [0.25, 0.3) is 0 Å². The van der Waals surface area contributed by atoms with Crippen molar-refractivity contribution >= 4 is 17.5 Å². The Morgan fingerprint density at radius 3 is 1.89 bits per heavy atom. The fraction of sp³-hybridized carbons (Fsp3) is 0.133. The molecule has 19 heavy (non-hydrogen) atoms. The molecule has 0 aromatic heterocycles. The van der Waals surface area contributed by atoms with Gasteiger partial charge in [0.2, 0.25) is 0 Å². The van der Waals surface area contributed by atoms with Crippen molar-refractivity contribution in [2.75, 3.05) is 0 Å². The topological polar surface area (TPSA) is 71.4 Å². The minimum Gasteiger partial charge on any atom is -0.481 e. The van der Waals surface area contributed by atoms with Crippen molar-refractivity contribution in [3.63, 3.8) is 0 Å². The summed E-state index contributed by atoms with van der Waals surface area (Å²) in [5.74, 6) is -2.54. The third-order valence-corrected chi connectivity index (χ3v) is 2.90. The summed E-state index contributed by atoms with van der Waals surface area (Å²) in [6, 6.07) is 8.08. The van der Waals surface area contributed by atoms with Gasteiger partial charge in [-0.25, -0.2) is 0 Å². The number of hydrogen-bond acceptors (Lipinski definition) is 3. The molecular weight excluding hydrogens is 244 g/mol. The number of carbonyl (C=O) groups excluding carboxylic acids is 2. The third-order valence-electron chi connectivity index (χ3n) is 2.90. The number of carbonyl (C=O) groups is 3. The molecule has 1 rings (SSSR count). The molecule has 0 aliphatic rings. The van der Waals surface area contributed by atoms with Gasteiger partial charge in [0.25, 0.3) is 0 Å². The van der Waals surface area contributed by atoms with Crippen LogP contribution in [0, 0.1) is 0 Å². The number of allylic oxidation sites excluding steroid dienone is 2. The predicted molar refractivity (Wildman–Crippen MR) is 70.8 cm³/mol. The molecule has 1 aromatic carbocycles. The van der Waals surface area contributed by atoms with Crippen LogP contribution in [0.5, 0.6) is 0 Å². The highest BCUT2D eigenvalue weighted by atomic mass is 16.4. The lowest BCUT2D eigenvalue weighted by Crippen LogP contribution is -2.44. The zero-order valence-corrected chi connectivity index (χ0v) is 10.3. The smallest absolute Gasteiger partial charge is 0.305 e. The number of ketones is 2. The van der Waals surface area contributed by atoms with Crippen LogP contribution in [-0.4, -0.2) is 22.6 Å². The van der Waals surface area contributed by atoms with Gasteiger partial charge in [-0.3, -0.25) is 14.4 Å². The van der Waals surface area contributed by atoms with E-state index in [1.807, 2.05) is 0 Å².